The summed E-state index contributed by atoms with van der Waals surface area (Å²) < 4.78 is 7.36. The van der Waals surface area contributed by atoms with Gasteiger partial charge in [-0.25, -0.2) is 0 Å². The van der Waals surface area contributed by atoms with Crippen molar-refractivity contribution < 1.29 is 4.74 Å². The van der Waals surface area contributed by atoms with Crippen LogP contribution < -0.4 is 10.1 Å². The lowest BCUT2D eigenvalue weighted by Gasteiger charge is -2.41. The smallest absolute Gasteiger partial charge is 0.125 e. The Morgan fingerprint density at radius 3 is 2.71 bits per heavy atom. The highest BCUT2D eigenvalue weighted by Gasteiger charge is 2.37. The van der Waals surface area contributed by atoms with Crippen molar-refractivity contribution in [3.63, 3.8) is 0 Å². The number of nitrogens with one attached hydrogen (secondary N) is 1. The molecular formula is C14H20BrNO. The highest BCUT2D eigenvalue weighted by molar-refractivity contribution is 9.10. The van der Waals surface area contributed by atoms with E-state index < -0.39 is 0 Å². The molecule has 0 aromatic heterocycles. The molecule has 2 rings (SSSR count). The van der Waals surface area contributed by atoms with Crippen LogP contribution in [0.2, 0.25) is 0 Å². The van der Waals surface area contributed by atoms with E-state index in [-0.39, 0.29) is 5.60 Å². The number of fused-ring (bicyclic) bond motifs is 1. The van der Waals surface area contributed by atoms with Crippen LogP contribution in [-0.4, -0.2) is 12.6 Å². The number of benzene rings is 1. The Bertz CT molecular complexity index is 401. The van der Waals surface area contributed by atoms with E-state index in [1.54, 1.807) is 0 Å². The first-order valence-electron chi connectivity index (χ1n) is 6.30. The molecule has 1 aliphatic heterocycles. The monoisotopic (exact) mass is 297 g/mol. The van der Waals surface area contributed by atoms with Gasteiger partial charge in [0.2, 0.25) is 0 Å². The minimum absolute atomic E-state index is 0.00545. The molecule has 3 heteroatoms. The number of hydrogen-bond acceptors (Lipinski definition) is 2. The number of ether oxygens (including phenoxy) is 1. The summed E-state index contributed by atoms with van der Waals surface area (Å²) in [7, 11) is 2.02. The normalized spacial score (nSPS) is 21.8. The van der Waals surface area contributed by atoms with Crippen LogP contribution in [0.15, 0.2) is 22.7 Å². The summed E-state index contributed by atoms with van der Waals surface area (Å²) in [6, 6.07) is 6.66. The van der Waals surface area contributed by atoms with Gasteiger partial charge in [-0.05, 0) is 38.1 Å². The Morgan fingerprint density at radius 1 is 1.41 bits per heavy atom. The standard InChI is InChI=1S/C14H20BrNO/c1-4-14(5-2)9-12(16-3)11-8-10(15)6-7-13(11)17-14/h6-8,12,16H,4-5,9H2,1-3H3. The molecular weight excluding hydrogens is 278 g/mol. The topological polar surface area (TPSA) is 21.3 Å². The lowest BCUT2D eigenvalue weighted by Crippen LogP contribution is -2.42. The SMILES string of the molecule is CCC1(CC)CC(NC)c2cc(Br)ccc2O1. The largest absolute Gasteiger partial charge is 0.487 e. The summed E-state index contributed by atoms with van der Waals surface area (Å²) in [6.45, 7) is 4.42. The first-order chi connectivity index (χ1) is 8.14. The predicted octanol–water partition coefficient (Wildman–Crippen LogP) is 4.05. The van der Waals surface area contributed by atoms with Gasteiger partial charge in [0, 0.05) is 22.5 Å². The minimum Gasteiger partial charge on any atom is -0.487 e. The van der Waals surface area contributed by atoms with E-state index in [0.717, 1.165) is 29.5 Å². The molecule has 94 valence electrons. The van der Waals surface area contributed by atoms with Crippen molar-refractivity contribution >= 4 is 15.9 Å². The van der Waals surface area contributed by atoms with Crippen molar-refractivity contribution in [1.82, 2.24) is 5.32 Å². The van der Waals surface area contributed by atoms with Crippen LogP contribution in [0, 0.1) is 0 Å². The van der Waals surface area contributed by atoms with Crippen molar-refractivity contribution in [2.45, 2.75) is 44.8 Å². The Balaban J connectivity index is 2.42. The van der Waals surface area contributed by atoms with Crippen LogP contribution >= 0.6 is 15.9 Å². The molecule has 0 amide bonds. The molecule has 1 atom stereocenters. The zero-order valence-corrected chi connectivity index (χ0v) is 12.3. The third-order valence-electron chi connectivity index (χ3n) is 3.89. The summed E-state index contributed by atoms with van der Waals surface area (Å²) >= 11 is 3.53. The second-order valence-electron chi connectivity index (χ2n) is 4.72. The molecule has 1 aromatic carbocycles. The number of rotatable bonds is 3. The quantitative estimate of drug-likeness (QED) is 0.909. The Labute approximate surface area is 112 Å². The molecule has 17 heavy (non-hydrogen) atoms. The highest BCUT2D eigenvalue weighted by Crippen LogP contribution is 2.43. The second kappa shape index (κ2) is 4.99. The molecule has 0 radical (unpaired) electrons. The lowest BCUT2D eigenvalue weighted by atomic mass is 9.83. The molecule has 1 aromatic rings. The van der Waals surface area contributed by atoms with Crippen LogP contribution in [0.4, 0.5) is 0 Å². The summed E-state index contributed by atoms with van der Waals surface area (Å²) in [4.78, 5) is 0. The fourth-order valence-corrected chi connectivity index (χ4v) is 2.96. The van der Waals surface area contributed by atoms with Crippen molar-refractivity contribution in [3.8, 4) is 5.75 Å². The van der Waals surface area contributed by atoms with Crippen LogP contribution in [0.1, 0.15) is 44.7 Å². The first-order valence-corrected chi connectivity index (χ1v) is 7.09. The lowest BCUT2D eigenvalue weighted by molar-refractivity contribution is 0.0239. The van der Waals surface area contributed by atoms with E-state index in [0.29, 0.717) is 6.04 Å². The molecule has 1 unspecified atom stereocenters. The fourth-order valence-electron chi connectivity index (χ4n) is 2.58. The van der Waals surface area contributed by atoms with E-state index in [1.165, 1.54) is 5.56 Å². The Hall–Kier alpha value is -0.540. The van der Waals surface area contributed by atoms with Gasteiger partial charge >= 0.3 is 0 Å². The molecule has 1 aliphatic rings. The Morgan fingerprint density at radius 2 is 2.12 bits per heavy atom. The minimum atomic E-state index is -0.00545. The summed E-state index contributed by atoms with van der Waals surface area (Å²) in [5, 5.41) is 3.41. The molecule has 1 heterocycles. The summed E-state index contributed by atoms with van der Waals surface area (Å²) in [5.74, 6) is 1.03. The van der Waals surface area contributed by atoms with E-state index in [4.69, 9.17) is 4.74 Å². The van der Waals surface area contributed by atoms with Gasteiger partial charge in [-0.2, -0.15) is 0 Å². The van der Waals surface area contributed by atoms with Crippen LogP contribution in [-0.2, 0) is 0 Å². The van der Waals surface area contributed by atoms with Gasteiger partial charge in [0.15, 0.2) is 0 Å². The van der Waals surface area contributed by atoms with Gasteiger partial charge in [-0.1, -0.05) is 29.8 Å². The molecule has 0 bridgehead atoms. The average molecular weight is 298 g/mol. The van der Waals surface area contributed by atoms with E-state index in [2.05, 4.69) is 47.2 Å². The van der Waals surface area contributed by atoms with Crippen LogP contribution in [0.5, 0.6) is 5.75 Å². The predicted molar refractivity (Wildman–Crippen MR) is 74.5 cm³/mol. The highest BCUT2D eigenvalue weighted by atomic mass is 79.9. The van der Waals surface area contributed by atoms with Crippen LogP contribution in [0.25, 0.3) is 0 Å². The molecule has 0 aliphatic carbocycles. The van der Waals surface area contributed by atoms with Gasteiger partial charge in [-0.15, -0.1) is 0 Å². The maximum atomic E-state index is 6.24. The van der Waals surface area contributed by atoms with E-state index in [1.807, 2.05) is 13.1 Å². The van der Waals surface area contributed by atoms with Gasteiger partial charge in [0.1, 0.15) is 11.4 Å². The van der Waals surface area contributed by atoms with E-state index >= 15 is 0 Å². The average Bonchev–Trinajstić information content (AvgIpc) is 2.37. The molecule has 0 saturated carbocycles. The Kier molecular flexibility index (Phi) is 3.79. The third kappa shape index (κ3) is 2.36. The summed E-state index contributed by atoms with van der Waals surface area (Å²) in [6.07, 6.45) is 3.15. The molecule has 2 nitrogen and oxygen atoms in total. The molecule has 0 saturated heterocycles. The fraction of sp³-hybridized carbons (Fsp3) is 0.571. The van der Waals surface area contributed by atoms with Crippen molar-refractivity contribution in [3.05, 3.63) is 28.2 Å². The first kappa shape index (κ1) is 12.9. The zero-order valence-electron chi connectivity index (χ0n) is 10.7. The van der Waals surface area contributed by atoms with Gasteiger partial charge in [0.25, 0.3) is 0 Å². The van der Waals surface area contributed by atoms with Crippen molar-refractivity contribution in [2.24, 2.45) is 0 Å². The maximum Gasteiger partial charge on any atom is 0.125 e. The number of hydrogen-bond donors (Lipinski definition) is 1. The molecule has 1 N–H and O–H groups in total. The molecule has 0 fully saturated rings. The van der Waals surface area contributed by atoms with E-state index in [9.17, 15) is 0 Å². The zero-order chi connectivity index (χ0) is 12.5. The van der Waals surface area contributed by atoms with Crippen molar-refractivity contribution in [1.29, 1.82) is 0 Å². The third-order valence-corrected chi connectivity index (χ3v) is 4.38. The van der Waals surface area contributed by atoms with Crippen LogP contribution in [0.3, 0.4) is 0 Å². The number of halogens is 1. The van der Waals surface area contributed by atoms with Crippen molar-refractivity contribution in [2.75, 3.05) is 7.05 Å². The molecule has 0 spiro atoms. The van der Waals surface area contributed by atoms with Gasteiger partial charge in [-0.3, -0.25) is 0 Å². The summed E-state index contributed by atoms with van der Waals surface area (Å²) in [5.41, 5.74) is 1.26. The maximum absolute atomic E-state index is 6.24. The second-order valence-corrected chi connectivity index (χ2v) is 5.64. The van der Waals surface area contributed by atoms with Gasteiger partial charge < -0.3 is 10.1 Å². The van der Waals surface area contributed by atoms with Gasteiger partial charge in [0.05, 0.1) is 0 Å².